The van der Waals surface area contributed by atoms with E-state index in [0.29, 0.717) is 11.3 Å². The minimum Gasteiger partial charge on any atom is -0.386 e. The first-order chi connectivity index (χ1) is 10.7. The van der Waals surface area contributed by atoms with Gasteiger partial charge in [0.15, 0.2) is 0 Å². The summed E-state index contributed by atoms with van der Waals surface area (Å²) < 4.78 is 0. The normalized spacial score (nSPS) is 22.7. The van der Waals surface area contributed by atoms with Gasteiger partial charge in [-0.1, -0.05) is 48.5 Å². The SMILES string of the molecule is O=C(NC1CS/C(=C/c2ccccc2)C1O)c1ccccc1. The molecule has 0 aliphatic carbocycles. The average molecular weight is 311 g/mol. The molecule has 0 spiro atoms. The molecular formula is C18H17NO2S. The van der Waals surface area contributed by atoms with Crippen LogP contribution < -0.4 is 5.32 Å². The van der Waals surface area contributed by atoms with E-state index in [0.717, 1.165) is 10.5 Å². The number of benzene rings is 2. The quantitative estimate of drug-likeness (QED) is 0.916. The van der Waals surface area contributed by atoms with Crippen molar-refractivity contribution in [3.63, 3.8) is 0 Å². The Kier molecular flexibility index (Phi) is 4.61. The molecule has 1 saturated heterocycles. The van der Waals surface area contributed by atoms with Crippen LogP contribution in [0.15, 0.2) is 65.6 Å². The fourth-order valence-corrected chi connectivity index (χ4v) is 3.56. The molecule has 2 unspecified atom stereocenters. The summed E-state index contributed by atoms with van der Waals surface area (Å²) in [5.74, 6) is 0.532. The van der Waals surface area contributed by atoms with Crippen molar-refractivity contribution in [2.24, 2.45) is 0 Å². The molecule has 1 aliphatic rings. The van der Waals surface area contributed by atoms with Crippen LogP contribution in [0.4, 0.5) is 0 Å². The predicted molar refractivity (Wildman–Crippen MR) is 90.6 cm³/mol. The third-order valence-corrected chi connectivity index (χ3v) is 4.78. The monoisotopic (exact) mass is 311 g/mol. The minimum absolute atomic E-state index is 0.147. The van der Waals surface area contributed by atoms with Gasteiger partial charge in [-0.15, -0.1) is 11.8 Å². The Hall–Kier alpha value is -2.04. The molecule has 0 aromatic heterocycles. The van der Waals surface area contributed by atoms with Crippen molar-refractivity contribution in [1.29, 1.82) is 0 Å². The number of aliphatic hydroxyl groups excluding tert-OH is 1. The summed E-state index contributed by atoms with van der Waals surface area (Å²) in [6.45, 7) is 0. The number of rotatable bonds is 3. The Morgan fingerprint density at radius 2 is 1.73 bits per heavy atom. The molecule has 2 aromatic rings. The van der Waals surface area contributed by atoms with E-state index in [9.17, 15) is 9.90 Å². The summed E-state index contributed by atoms with van der Waals surface area (Å²) in [6, 6.07) is 18.7. The first-order valence-corrected chi connectivity index (χ1v) is 8.16. The molecule has 2 aromatic carbocycles. The predicted octanol–water partition coefficient (Wildman–Crippen LogP) is 2.93. The van der Waals surface area contributed by atoms with E-state index in [-0.39, 0.29) is 11.9 Å². The van der Waals surface area contributed by atoms with E-state index in [4.69, 9.17) is 0 Å². The van der Waals surface area contributed by atoms with Gasteiger partial charge in [0, 0.05) is 16.2 Å². The van der Waals surface area contributed by atoms with E-state index < -0.39 is 6.10 Å². The fourth-order valence-electron chi connectivity index (χ4n) is 2.36. The smallest absolute Gasteiger partial charge is 0.251 e. The van der Waals surface area contributed by atoms with Gasteiger partial charge < -0.3 is 10.4 Å². The van der Waals surface area contributed by atoms with Crippen LogP contribution in [0.2, 0.25) is 0 Å². The Balaban J connectivity index is 1.68. The van der Waals surface area contributed by atoms with E-state index in [2.05, 4.69) is 5.32 Å². The lowest BCUT2D eigenvalue weighted by Crippen LogP contribution is -2.42. The first kappa shape index (κ1) is 14.9. The molecule has 1 heterocycles. The molecule has 3 nitrogen and oxygen atoms in total. The number of carbonyl (C=O) groups is 1. The molecule has 0 bridgehead atoms. The van der Waals surface area contributed by atoms with Crippen LogP contribution in [-0.4, -0.2) is 28.9 Å². The van der Waals surface area contributed by atoms with Crippen LogP contribution >= 0.6 is 11.8 Å². The molecule has 112 valence electrons. The van der Waals surface area contributed by atoms with Crippen molar-refractivity contribution in [2.45, 2.75) is 12.1 Å². The highest BCUT2D eigenvalue weighted by atomic mass is 32.2. The Labute approximate surface area is 134 Å². The number of hydrogen-bond acceptors (Lipinski definition) is 3. The van der Waals surface area contributed by atoms with Crippen LogP contribution in [0.1, 0.15) is 15.9 Å². The maximum absolute atomic E-state index is 12.2. The van der Waals surface area contributed by atoms with Gasteiger partial charge in [-0.3, -0.25) is 4.79 Å². The number of carbonyl (C=O) groups excluding carboxylic acids is 1. The molecule has 1 amide bonds. The van der Waals surface area contributed by atoms with Crippen molar-refractivity contribution in [1.82, 2.24) is 5.32 Å². The second-order valence-electron chi connectivity index (χ2n) is 5.16. The van der Waals surface area contributed by atoms with Gasteiger partial charge in [0.05, 0.1) is 6.04 Å². The van der Waals surface area contributed by atoms with Gasteiger partial charge in [-0.25, -0.2) is 0 Å². The Morgan fingerprint density at radius 1 is 1.09 bits per heavy atom. The lowest BCUT2D eigenvalue weighted by Gasteiger charge is -2.16. The van der Waals surface area contributed by atoms with Gasteiger partial charge in [0.1, 0.15) is 6.10 Å². The number of nitrogens with one attached hydrogen (secondary N) is 1. The number of thioether (sulfide) groups is 1. The summed E-state index contributed by atoms with van der Waals surface area (Å²) >= 11 is 1.59. The molecule has 2 atom stereocenters. The maximum Gasteiger partial charge on any atom is 0.251 e. The van der Waals surface area contributed by atoms with Crippen LogP contribution in [0.3, 0.4) is 0 Å². The second-order valence-corrected chi connectivity index (χ2v) is 6.25. The standard InChI is InChI=1S/C18H17NO2S/c20-17-15(19-18(21)14-9-5-2-6-10-14)12-22-16(17)11-13-7-3-1-4-8-13/h1-11,15,17,20H,12H2,(H,19,21)/b16-11+. The van der Waals surface area contributed by atoms with Crippen LogP contribution in [0.5, 0.6) is 0 Å². The van der Waals surface area contributed by atoms with Crippen molar-refractivity contribution < 1.29 is 9.90 Å². The molecule has 3 rings (SSSR count). The summed E-state index contributed by atoms with van der Waals surface area (Å²) in [4.78, 5) is 13.1. The van der Waals surface area contributed by atoms with Gasteiger partial charge in [0.2, 0.25) is 0 Å². The van der Waals surface area contributed by atoms with Crippen LogP contribution in [0.25, 0.3) is 6.08 Å². The maximum atomic E-state index is 12.2. The third kappa shape index (κ3) is 3.40. The average Bonchev–Trinajstić information content (AvgIpc) is 2.90. The van der Waals surface area contributed by atoms with Crippen molar-refractivity contribution in [3.8, 4) is 0 Å². The van der Waals surface area contributed by atoms with Gasteiger partial charge in [0.25, 0.3) is 5.91 Å². The third-order valence-electron chi connectivity index (χ3n) is 3.56. The van der Waals surface area contributed by atoms with Gasteiger partial charge >= 0.3 is 0 Å². The van der Waals surface area contributed by atoms with Crippen molar-refractivity contribution in [2.75, 3.05) is 5.75 Å². The minimum atomic E-state index is -0.655. The molecule has 22 heavy (non-hydrogen) atoms. The first-order valence-electron chi connectivity index (χ1n) is 7.17. The van der Waals surface area contributed by atoms with Gasteiger partial charge in [-0.2, -0.15) is 0 Å². The summed E-state index contributed by atoms with van der Waals surface area (Å²) in [5.41, 5.74) is 1.67. The molecule has 4 heteroatoms. The molecule has 1 fully saturated rings. The Bertz CT molecular complexity index is 670. The highest BCUT2D eigenvalue weighted by Crippen LogP contribution is 2.33. The van der Waals surface area contributed by atoms with E-state index in [1.165, 1.54) is 0 Å². The zero-order valence-electron chi connectivity index (χ0n) is 12.0. The highest BCUT2D eigenvalue weighted by Gasteiger charge is 2.31. The molecule has 2 N–H and O–H groups in total. The van der Waals surface area contributed by atoms with Gasteiger partial charge in [-0.05, 0) is 23.8 Å². The zero-order chi connectivity index (χ0) is 15.4. The van der Waals surface area contributed by atoms with Crippen molar-refractivity contribution in [3.05, 3.63) is 76.7 Å². The van der Waals surface area contributed by atoms with Crippen molar-refractivity contribution >= 4 is 23.7 Å². The molecular weight excluding hydrogens is 294 g/mol. The highest BCUT2D eigenvalue weighted by molar-refractivity contribution is 8.03. The summed E-state index contributed by atoms with van der Waals surface area (Å²) in [5, 5.41) is 13.3. The largest absolute Gasteiger partial charge is 0.386 e. The molecule has 0 radical (unpaired) electrons. The summed E-state index contributed by atoms with van der Waals surface area (Å²) in [6.07, 6.45) is 1.32. The lowest BCUT2D eigenvalue weighted by atomic mass is 10.1. The topological polar surface area (TPSA) is 49.3 Å². The van der Waals surface area contributed by atoms with Crippen LogP contribution in [-0.2, 0) is 0 Å². The fraction of sp³-hybridized carbons (Fsp3) is 0.167. The lowest BCUT2D eigenvalue weighted by molar-refractivity contribution is 0.0900. The number of aliphatic hydroxyl groups is 1. The summed E-state index contributed by atoms with van der Waals surface area (Å²) in [7, 11) is 0. The number of hydrogen-bond donors (Lipinski definition) is 2. The van der Waals surface area contributed by atoms with E-state index in [1.807, 2.05) is 54.6 Å². The molecule has 1 aliphatic heterocycles. The second kappa shape index (κ2) is 6.81. The molecule has 0 saturated carbocycles. The zero-order valence-corrected chi connectivity index (χ0v) is 12.8. The van der Waals surface area contributed by atoms with Crippen LogP contribution in [0, 0.1) is 0 Å². The van der Waals surface area contributed by atoms with E-state index in [1.54, 1.807) is 23.9 Å². The van der Waals surface area contributed by atoms with E-state index >= 15 is 0 Å². The Morgan fingerprint density at radius 3 is 2.41 bits per heavy atom. The number of amides is 1.